The number of H-pyrrole nitrogens is 1. The number of anilines is 1. The average molecular weight is 429 g/mol. The van der Waals surface area contributed by atoms with Crippen molar-refractivity contribution >= 4 is 29.0 Å². The van der Waals surface area contributed by atoms with Crippen molar-refractivity contribution in [3.63, 3.8) is 0 Å². The molecule has 0 saturated carbocycles. The molecule has 6 N–H and O–H groups in total. The van der Waals surface area contributed by atoms with Crippen molar-refractivity contribution in [1.29, 1.82) is 0 Å². The lowest BCUT2D eigenvalue weighted by molar-refractivity contribution is -0.0503. The summed E-state index contributed by atoms with van der Waals surface area (Å²) in [6, 6.07) is 6.64. The van der Waals surface area contributed by atoms with Crippen molar-refractivity contribution in [1.82, 2.24) is 19.5 Å². The minimum absolute atomic E-state index is 0.104. The summed E-state index contributed by atoms with van der Waals surface area (Å²) in [6.07, 6.45) is -5.37. The Bertz CT molecular complexity index is 1220. The summed E-state index contributed by atoms with van der Waals surface area (Å²) in [6.45, 7) is 1.30. The van der Waals surface area contributed by atoms with Crippen LogP contribution >= 0.6 is 0 Å². The molecule has 1 fully saturated rings. The number of nitrogens with zero attached hydrogens (tertiary/aromatic N) is 5. The van der Waals surface area contributed by atoms with Gasteiger partial charge in [-0.15, -0.1) is 10.2 Å². The molecule has 1 aliphatic rings. The molecule has 31 heavy (non-hydrogen) atoms. The van der Waals surface area contributed by atoms with Crippen LogP contribution in [0.2, 0.25) is 0 Å². The van der Waals surface area contributed by atoms with Gasteiger partial charge in [0.1, 0.15) is 18.3 Å². The number of rotatable bonds is 4. The van der Waals surface area contributed by atoms with Crippen molar-refractivity contribution < 1.29 is 24.9 Å². The van der Waals surface area contributed by atoms with Crippen LogP contribution in [-0.4, -0.2) is 65.7 Å². The third-order valence-corrected chi connectivity index (χ3v) is 4.85. The number of aliphatic hydroxyl groups excluding tert-OH is 3. The summed E-state index contributed by atoms with van der Waals surface area (Å²) in [5.41, 5.74) is 5.88. The Hall–Kier alpha value is -3.52. The molecule has 1 saturated heterocycles. The van der Waals surface area contributed by atoms with Crippen LogP contribution in [0.4, 0.5) is 11.9 Å². The molecule has 0 radical (unpaired) electrons. The summed E-state index contributed by atoms with van der Waals surface area (Å²) in [5, 5.41) is 37.3. The maximum atomic E-state index is 12.4. The fourth-order valence-corrected chi connectivity index (χ4v) is 3.23. The van der Waals surface area contributed by atoms with Gasteiger partial charge in [0.15, 0.2) is 17.4 Å². The Morgan fingerprint density at radius 2 is 1.97 bits per heavy atom. The van der Waals surface area contributed by atoms with Crippen LogP contribution in [0, 0.1) is 6.92 Å². The van der Waals surface area contributed by atoms with Crippen molar-refractivity contribution in [3.8, 4) is 0 Å². The molecule has 3 aromatic rings. The van der Waals surface area contributed by atoms with E-state index < -0.39 is 42.6 Å². The van der Waals surface area contributed by atoms with E-state index in [0.29, 0.717) is 0 Å². The highest BCUT2D eigenvalue weighted by atomic mass is 16.6. The number of azo groups is 1. The van der Waals surface area contributed by atoms with Gasteiger partial charge in [-0.3, -0.25) is 19.1 Å². The van der Waals surface area contributed by atoms with E-state index in [1.54, 1.807) is 24.3 Å². The predicted molar refractivity (Wildman–Crippen MR) is 106 cm³/mol. The first-order chi connectivity index (χ1) is 14.8. The third kappa shape index (κ3) is 3.70. The summed E-state index contributed by atoms with van der Waals surface area (Å²) < 4.78 is 6.60. The molecule has 4 atom stereocenters. The number of carbonyl (C=O) groups excluding carboxylic acids is 1. The molecule has 1 amide bonds. The molecule has 0 spiro atoms. The predicted octanol–water partition coefficient (Wildman–Crippen LogP) is -0.454. The minimum atomic E-state index is -1.52. The molecule has 1 aliphatic heterocycles. The number of nitrogens with one attached hydrogen (secondary N) is 1. The van der Waals surface area contributed by atoms with Gasteiger partial charge in [-0.2, -0.15) is 4.98 Å². The van der Waals surface area contributed by atoms with Crippen molar-refractivity contribution in [2.24, 2.45) is 10.2 Å². The number of nitrogens with two attached hydrogens (primary N) is 1. The van der Waals surface area contributed by atoms with Crippen LogP contribution in [0.5, 0.6) is 0 Å². The number of fused-ring (bicyclic) bond motifs is 1. The smallest absolute Gasteiger partial charge is 0.295 e. The molecular weight excluding hydrogens is 410 g/mol. The van der Waals surface area contributed by atoms with E-state index in [4.69, 9.17) is 10.5 Å². The molecular formula is C18H19N7O6. The molecule has 3 heterocycles. The Morgan fingerprint density at radius 3 is 2.61 bits per heavy atom. The second kappa shape index (κ2) is 7.96. The fourth-order valence-electron chi connectivity index (χ4n) is 3.23. The lowest BCUT2D eigenvalue weighted by atomic mass is 10.1. The number of imidazole rings is 1. The number of aryl methyl sites for hydroxylation is 1. The monoisotopic (exact) mass is 429 g/mol. The van der Waals surface area contributed by atoms with E-state index in [1.165, 1.54) is 0 Å². The summed E-state index contributed by atoms with van der Waals surface area (Å²) in [5.74, 6) is -1.18. The van der Waals surface area contributed by atoms with Crippen molar-refractivity contribution in [3.05, 3.63) is 45.7 Å². The zero-order valence-corrected chi connectivity index (χ0v) is 16.2. The van der Waals surface area contributed by atoms with Gasteiger partial charge in [0.05, 0.1) is 6.61 Å². The van der Waals surface area contributed by atoms with Gasteiger partial charge >= 0.3 is 0 Å². The van der Waals surface area contributed by atoms with E-state index >= 15 is 0 Å². The zero-order valence-electron chi connectivity index (χ0n) is 16.2. The zero-order chi connectivity index (χ0) is 22.3. The van der Waals surface area contributed by atoms with Crippen LogP contribution in [0.3, 0.4) is 0 Å². The van der Waals surface area contributed by atoms with E-state index in [0.717, 1.165) is 10.1 Å². The highest BCUT2D eigenvalue weighted by Crippen LogP contribution is 2.34. The Labute approximate surface area is 173 Å². The number of hydrogen-bond acceptors (Lipinski definition) is 10. The number of benzene rings is 1. The lowest BCUT2D eigenvalue weighted by Gasteiger charge is -2.17. The topological polar surface area (TPSA) is 201 Å². The molecule has 0 aliphatic carbocycles. The van der Waals surface area contributed by atoms with Crippen LogP contribution in [0.1, 0.15) is 22.1 Å². The molecule has 13 nitrogen and oxygen atoms in total. The van der Waals surface area contributed by atoms with Crippen LogP contribution in [-0.2, 0) is 4.74 Å². The lowest BCUT2D eigenvalue weighted by Crippen LogP contribution is -2.33. The van der Waals surface area contributed by atoms with Crippen molar-refractivity contribution in [2.75, 3.05) is 12.3 Å². The number of nitrogen functional groups attached to an aromatic ring is 1. The second-order valence-electron chi connectivity index (χ2n) is 7.01. The van der Waals surface area contributed by atoms with E-state index in [9.17, 15) is 24.9 Å². The standard InChI is InChI=1S/C18H19N7O6/c1-7-2-4-8(5-3-7)14(29)23-24-18-20-10-13(21-17(19)22-15(10)30)25(18)16-12(28)11(27)9(6-26)31-16/h2-5,9,11-12,16,26-28H,6H2,1H3,(H3,19,21,22,30)/b24-23+/t9-,11?,12?,16-/m1/s1. The maximum absolute atomic E-state index is 12.4. The minimum Gasteiger partial charge on any atom is -0.394 e. The van der Waals surface area contributed by atoms with Gasteiger partial charge in [0.2, 0.25) is 5.95 Å². The number of aliphatic hydroxyl groups is 3. The third-order valence-electron chi connectivity index (χ3n) is 4.85. The first kappa shape index (κ1) is 20.7. The quantitative estimate of drug-likeness (QED) is 0.340. The molecule has 1 aromatic carbocycles. The number of carbonyl (C=O) groups is 1. The van der Waals surface area contributed by atoms with Gasteiger partial charge in [0, 0.05) is 5.56 Å². The number of aromatic amines is 1. The molecule has 13 heteroatoms. The Balaban J connectivity index is 1.80. The molecule has 4 rings (SSSR count). The number of aromatic nitrogens is 4. The van der Waals surface area contributed by atoms with Gasteiger partial charge in [0.25, 0.3) is 17.4 Å². The van der Waals surface area contributed by atoms with E-state index in [-0.39, 0.29) is 28.6 Å². The highest BCUT2D eigenvalue weighted by molar-refractivity contribution is 5.94. The Morgan fingerprint density at radius 1 is 1.26 bits per heavy atom. The normalized spacial score (nSPS) is 23.7. The molecule has 162 valence electrons. The summed E-state index contributed by atoms with van der Waals surface area (Å²) >= 11 is 0. The highest BCUT2D eigenvalue weighted by Gasteiger charge is 2.45. The van der Waals surface area contributed by atoms with Gasteiger partial charge < -0.3 is 25.8 Å². The molecule has 2 unspecified atom stereocenters. The van der Waals surface area contributed by atoms with Crippen LogP contribution in [0.15, 0.2) is 39.3 Å². The Kier molecular flexibility index (Phi) is 5.32. The SMILES string of the molecule is Cc1ccc(C(=O)/N=N/c2nc3c(=O)[nH]c(N)nc3n2[C@@H]2O[C@H](CO)C(O)C2O)cc1. The number of ether oxygens (including phenoxy) is 1. The van der Waals surface area contributed by atoms with Gasteiger partial charge in [-0.1, -0.05) is 17.7 Å². The summed E-state index contributed by atoms with van der Waals surface area (Å²) in [7, 11) is 0. The second-order valence-corrected chi connectivity index (χ2v) is 7.01. The molecule has 0 bridgehead atoms. The van der Waals surface area contributed by atoms with Gasteiger partial charge in [-0.25, -0.2) is 4.98 Å². The first-order valence-electron chi connectivity index (χ1n) is 9.23. The van der Waals surface area contributed by atoms with E-state index in [2.05, 4.69) is 25.2 Å². The van der Waals surface area contributed by atoms with Crippen LogP contribution in [0.25, 0.3) is 11.2 Å². The number of hydrogen-bond donors (Lipinski definition) is 5. The maximum Gasteiger partial charge on any atom is 0.295 e. The number of amides is 1. The first-order valence-corrected chi connectivity index (χ1v) is 9.23. The average Bonchev–Trinajstić information content (AvgIpc) is 3.24. The fraction of sp³-hybridized carbons (Fsp3) is 0.333. The molecule has 2 aromatic heterocycles. The van der Waals surface area contributed by atoms with Crippen LogP contribution < -0.4 is 11.3 Å². The summed E-state index contributed by atoms with van der Waals surface area (Å²) in [4.78, 5) is 34.9. The van der Waals surface area contributed by atoms with Gasteiger partial charge in [-0.05, 0) is 19.1 Å². The van der Waals surface area contributed by atoms with E-state index in [1.807, 2.05) is 6.92 Å². The largest absolute Gasteiger partial charge is 0.394 e. The van der Waals surface area contributed by atoms with Crippen molar-refractivity contribution in [2.45, 2.75) is 31.5 Å².